The number of carbonyl (C=O) groups is 1. The fourth-order valence-corrected chi connectivity index (χ4v) is 3.59. The monoisotopic (exact) mass is 384 g/mol. The third-order valence-corrected chi connectivity index (χ3v) is 5.33. The van der Waals surface area contributed by atoms with E-state index in [1.807, 2.05) is 0 Å². The molecule has 0 aromatic heterocycles. The maximum Gasteiger partial charge on any atom is 0.242 e. The first-order valence-electron chi connectivity index (χ1n) is 7.58. The first kappa shape index (κ1) is 19.4. The van der Waals surface area contributed by atoms with Gasteiger partial charge in [-0.15, -0.1) is 0 Å². The molecule has 2 rings (SSSR count). The molecule has 25 heavy (non-hydrogen) atoms. The molecular weight excluding hydrogens is 367 g/mol. The Morgan fingerprint density at radius 3 is 2.44 bits per heavy atom. The molecule has 1 unspecified atom stereocenters. The Kier molecular flexibility index (Phi) is 6.16. The molecule has 0 spiro atoms. The normalized spacial score (nSPS) is 12.6. The molecule has 1 atom stereocenters. The minimum Gasteiger partial charge on any atom is -0.324 e. The van der Waals surface area contributed by atoms with Gasteiger partial charge in [0, 0.05) is 10.7 Å². The molecule has 5 nitrogen and oxygen atoms in total. The summed E-state index contributed by atoms with van der Waals surface area (Å²) in [6, 6.07) is 8.44. The Balaban J connectivity index is 2.17. The van der Waals surface area contributed by atoms with Gasteiger partial charge in [-0.05, 0) is 55.3 Å². The highest BCUT2D eigenvalue weighted by atomic mass is 35.5. The molecule has 0 aliphatic heterocycles. The van der Waals surface area contributed by atoms with Gasteiger partial charge in [0.05, 0.1) is 4.90 Å². The Bertz CT molecular complexity index is 870. The molecule has 0 aliphatic rings. The first-order valence-corrected chi connectivity index (χ1v) is 9.44. The van der Waals surface area contributed by atoms with Crippen LogP contribution in [0.2, 0.25) is 5.02 Å². The van der Waals surface area contributed by atoms with Gasteiger partial charge in [-0.1, -0.05) is 24.6 Å². The fourth-order valence-electron chi connectivity index (χ4n) is 2.14. The third-order valence-electron chi connectivity index (χ3n) is 3.60. The highest BCUT2D eigenvalue weighted by Gasteiger charge is 2.24. The molecular formula is C17H18ClFN2O3S. The second-order valence-corrected chi connectivity index (χ2v) is 7.63. The van der Waals surface area contributed by atoms with Crippen molar-refractivity contribution in [3.8, 4) is 0 Å². The predicted molar refractivity (Wildman–Crippen MR) is 95.6 cm³/mol. The van der Waals surface area contributed by atoms with E-state index in [0.717, 1.165) is 29.8 Å². The number of anilines is 1. The van der Waals surface area contributed by atoms with Crippen LogP contribution in [0.5, 0.6) is 0 Å². The van der Waals surface area contributed by atoms with Gasteiger partial charge in [-0.3, -0.25) is 4.79 Å². The summed E-state index contributed by atoms with van der Waals surface area (Å²) in [5.41, 5.74) is 1.31. The van der Waals surface area contributed by atoms with E-state index in [1.165, 1.54) is 0 Å². The number of amides is 1. The van der Waals surface area contributed by atoms with E-state index < -0.39 is 27.8 Å². The molecule has 0 saturated carbocycles. The summed E-state index contributed by atoms with van der Waals surface area (Å²) in [5.74, 6) is -1.04. The van der Waals surface area contributed by atoms with Crippen LogP contribution in [0.3, 0.4) is 0 Å². The number of nitrogens with one attached hydrogen (secondary N) is 2. The van der Waals surface area contributed by atoms with Crippen LogP contribution in [0.25, 0.3) is 0 Å². The van der Waals surface area contributed by atoms with E-state index in [2.05, 4.69) is 10.0 Å². The van der Waals surface area contributed by atoms with Gasteiger partial charge in [-0.25, -0.2) is 12.8 Å². The number of benzene rings is 2. The Hall–Kier alpha value is -1.96. The molecule has 8 heteroatoms. The van der Waals surface area contributed by atoms with Crippen molar-refractivity contribution in [2.45, 2.75) is 31.2 Å². The summed E-state index contributed by atoms with van der Waals surface area (Å²) >= 11 is 5.92. The Morgan fingerprint density at radius 2 is 1.84 bits per heavy atom. The second-order valence-electron chi connectivity index (χ2n) is 5.48. The Labute approximate surface area is 151 Å². The highest BCUT2D eigenvalue weighted by Crippen LogP contribution is 2.20. The van der Waals surface area contributed by atoms with Crippen molar-refractivity contribution >= 4 is 33.2 Å². The van der Waals surface area contributed by atoms with Gasteiger partial charge >= 0.3 is 0 Å². The van der Waals surface area contributed by atoms with Crippen LogP contribution >= 0.6 is 11.6 Å². The molecule has 2 N–H and O–H groups in total. The second kappa shape index (κ2) is 7.95. The highest BCUT2D eigenvalue weighted by molar-refractivity contribution is 7.89. The van der Waals surface area contributed by atoms with E-state index in [0.29, 0.717) is 10.7 Å². The van der Waals surface area contributed by atoms with Crippen LogP contribution in [0.4, 0.5) is 10.1 Å². The zero-order chi connectivity index (χ0) is 18.6. The molecule has 2 aromatic carbocycles. The van der Waals surface area contributed by atoms with Gasteiger partial charge < -0.3 is 5.32 Å². The van der Waals surface area contributed by atoms with Gasteiger partial charge in [0.15, 0.2) is 0 Å². The summed E-state index contributed by atoms with van der Waals surface area (Å²) < 4.78 is 40.0. The van der Waals surface area contributed by atoms with E-state index in [-0.39, 0.29) is 11.3 Å². The lowest BCUT2D eigenvalue weighted by atomic mass is 10.1. The summed E-state index contributed by atoms with van der Waals surface area (Å²) in [6.07, 6.45) is 0.242. The Morgan fingerprint density at radius 1 is 1.20 bits per heavy atom. The van der Waals surface area contributed by atoms with Crippen molar-refractivity contribution in [2.24, 2.45) is 0 Å². The van der Waals surface area contributed by atoms with Gasteiger partial charge in [0.2, 0.25) is 15.9 Å². The van der Waals surface area contributed by atoms with E-state index >= 15 is 0 Å². The average molecular weight is 385 g/mol. The zero-order valence-electron chi connectivity index (χ0n) is 13.7. The fraction of sp³-hybridized carbons (Fsp3) is 0.235. The van der Waals surface area contributed by atoms with Crippen LogP contribution in [0.15, 0.2) is 47.4 Å². The number of rotatable bonds is 6. The molecule has 0 bridgehead atoms. The topological polar surface area (TPSA) is 75.3 Å². The number of sulfonamides is 1. The van der Waals surface area contributed by atoms with Crippen LogP contribution in [-0.2, 0) is 14.8 Å². The number of halogens is 2. The molecule has 134 valence electrons. The van der Waals surface area contributed by atoms with Crippen LogP contribution in [0, 0.1) is 12.7 Å². The number of hydrogen-bond acceptors (Lipinski definition) is 3. The lowest BCUT2D eigenvalue weighted by Gasteiger charge is -2.18. The van der Waals surface area contributed by atoms with Crippen molar-refractivity contribution in [2.75, 3.05) is 5.32 Å². The minimum absolute atomic E-state index is 0.112. The van der Waals surface area contributed by atoms with E-state index in [4.69, 9.17) is 11.6 Å². The molecule has 0 radical (unpaired) electrons. The van der Waals surface area contributed by atoms with E-state index in [9.17, 15) is 17.6 Å². The van der Waals surface area contributed by atoms with E-state index in [1.54, 1.807) is 32.0 Å². The van der Waals surface area contributed by atoms with Crippen molar-refractivity contribution in [1.29, 1.82) is 0 Å². The molecule has 1 amide bonds. The molecule has 0 saturated heterocycles. The lowest BCUT2D eigenvalue weighted by molar-refractivity contribution is -0.117. The maximum atomic E-state index is 13.0. The van der Waals surface area contributed by atoms with Gasteiger partial charge in [0.1, 0.15) is 11.9 Å². The number of aryl methyl sites for hydroxylation is 1. The molecule has 0 heterocycles. The average Bonchev–Trinajstić information content (AvgIpc) is 2.56. The molecule has 2 aromatic rings. The van der Waals surface area contributed by atoms with Crippen LogP contribution in [-0.4, -0.2) is 20.4 Å². The largest absolute Gasteiger partial charge is 0.324 e. The van der Waals surface area contributed by atoms with Crippen molar-refractivity contribution in [1.82, 2.24) is 4.72 Å². The summed E-state index contributed by atoms with van der Waals surface area (Å²) in [6.45, 7) is 3.48. The van der Waals surface area contributed by atoms with Crippen LogP contribution in [0.1, 0.15) is 18.9 Å². The summed E-state index contributed by atoms with van der Waals surface area (Å²) in [5, 5.41) is 3.13. The van der Waals surface area contributed by atoms with Crippen LogP contribution < -0.4 is 10.0 Å². The lowest BCUT2D eigenvalue weighted by Crippen LogP contribution is -2.43. The van der Waals surface area contributed by atoms with Gasteiger partial charge in [-0.2, -0.15) is 4.72 Å². The van der Waals surface area contributed by atoms with Crippen molar-refractivity contribution in [3.63, 3.8) is 0 Å². The quantitative estimate of drug-likeness (QED) is 0.800. The smallest absolute Gasteiger partial charge is 0.242 e. The number of hydrogen-bond donors (Lipinski definition) is 2. The summed E-state index contributed by atoms with van der Waals surface area (Å²) in [7, 11) is -3.95. The SMILES string of the molecule is CCC(NS(=O)(=O)c1ccc(F)cc1)C(=O)Nc1cc(Cl)ccc1C. The first-order chi connectivity index (χ1) is 11.7. The van der Waals surface area contributed by atoms with Crippen molar-refractivity contribution < 1.29 is 17.6 Å². The molecule has 0 fully saturated rings. The van der Waals surface area contributed by atoms with Gasteiger partial charge in [0.25, 0.3) is 0 Å². The zero-order valence-corrected chi connectivity index (χ0v) is 15.3. The standard InChI is InChI=1S/C17H18ClFN2O3S/c1-3-15(17(22)20-16-10-12(18)5-4-11(16)2)21-25(23,24)14-8-6-13(19)7-9-14/h4-10,15,21H,3H2,1-2H3,(H,20,22). The third kappa shape index (κ3) is 5.01. The van der Waals surface area contributed by atoms with Crippen molar-refractivity contribution in [3.05, 3.63) is 58.9 Å². The number of carbonyl (C=O) groups excluding carboxylic acids is 1. The molecule has 0 aliphatic carbocycles. The predicted octanol–water partition coefficient (Wildman–Crippen LogP) is 3.48. The minimum atomic E-state index is -3.95. The summed E-state index contributed by atoms with van der Waals surface area (Å²) in [4.78, 5) is 12.3. The maximum absolute atomic E-state index is 13.0.